The highest BCUT2D eigenvalue weighted by atomic mass is 19.1. The summed E-state index contributed by atoms with van der Waals surface area (Å²) < 4.78 is 40.8. The van der Waals surface area contributed by atoms with Crippen LogP contribution in [0.5, 0.6) is 0 Å². The van der Waals surface area contributed by atoms with Crippen molar-refractivity contribution >= 4 is 5.96 Å². The molecule has 0 amide bonds. The maximum atomic E-state index is 13.8. The zero-order valence-electron chi connectivity index (χ0n) is 16.6. The minimum atomic E-state index is -0.465. The second kappa shape index (κ2) is 10.3. The number of nitrogens with zero attached hydrogens (tertiary/aromatic N) is 2. The molecule has 1 aliphatic heterocycles. The van der Waals surface area contributed by atoms with Crippen molar-refractivity contribution in [1.82, 2.24) is 15.5 Å². The number of aliphatic imine (C=N–C) groups is 1. The Labute approximate surface area is 169 Å². The molecule has 1 heterocycles. The van der Waals surface area contributed by atoms with Gasteiger partial charge in [-0.15, -0.1) is 0 Å². The first-order valence-electron chi connectivity index (χ1n) is 9.89. The van der Waals surface area contributed by atoms with Crippen LogP contribution in [0.25, 0.3) is 0 Å². The highest BCUT2D eigenvalue weighted by molar-refractivity contribution is 5.79. The normalized spacial score (nSPS) is 16.1. The van der Waals surface area contributed by atoms with Crippen LogP contribution in [-0.4, -0.2) is 37.5 Å². The van der Waals surface area contributed by atoms with Crippen molar-refractivity contribution in [2.45, 2.75) is 25.9 Å². The summed E-state index contributed by atoms with van der Waals surface area (Å²) in [7, 11) is 1.65. The van der Waals surface area contributed by atoms with Gasteiger partial charge in [-0.25, -0.2) is 13.2 Å². The van der Waals surface area contributed by atoms with E-state index in [1.54, 1.807) is 13.1 Å². The number of piperidine rings is 1. The first-order valence-corrected chi connectivity index (χ1v) is 9.89. The molecule has 0 atom stereocenters. The fourth-order valence-electron chi connectivity index (χ4n) is 3.54. The van der Waals surface area contributed by atoms with E-state index in [4.69, 9.17) is 0 Å². The van der Waals surface area contributed by atoms with E-state index in [-0.39, 0.29) is 17.9 Å². The number of nitrogens with one attached hydrogen (secondary N) is 2. The van der Waals surface area contributed by atoms with Crippen LogP contribution < -0.4 is 10.6 Å². The summed E-state index contributed by atoms with van der Waals surface area (Å²) >= 11 is 0. The molecular weight excluding hydrogens is 377 g/mol. The molecule has 3 rings (SSSR count). The van der Waals surface area contributed by atoms with E-state index in [2.05, 4.69) is 20.5 Å². The van der Waals surface area contributed by atoms with E-state index >= 15 is 0 Å². The lowest BCUT2D eigenvalue weighted by Gasteiger charge is -2.32. The molecule has 2 aromatic rings. The molecule has 0 aliphatic carbocycles. The van der Waals surface area contributed by atoms with Gasteiger partial charge < -0.3 is 10.6 Å². The van der Waals surface area contributed by atoms with E-state index < -0.39 is 11.6 Å². The Morgan fingerprint density at radius 3 is 2.45 bits per heavy atom. The van der Waals surface area contributed by atoms with Gasteiger partial charge in [-0.1, -0.05) is 18.2 Å². The molecular formula is C22H27F3N4. The number of guanidine groups is 1. The zero-order chi connectivity index (χ0) is 20.6. The predicted octanol–water partition coefficient (Wildman–Crippen LogP) is 3.68. The Morgan fingerprint density at radius 2 is 1.72 bits per heavy atom. The Kier molecular flexibility index (Phi) is 7.52. The summed E-state index contributed by atoms with van der Waals surface area (Å²) in [5.41, 5.74) is 0.993. The van der Waals surface area contributed by atoms with Gasteiger partial charge in [-0.2, -0.15) is 0 Å². The summed E-state index contributed by atoms with van der Waals surface area (Å²) in [4.78, 5) is 6.42. The fourth-order valence-corrected chi connectivity index (χ4v) is 3.54. The standard InChI is InChI=1S/C22H27F3N4/c1-26-22(28-14-18-12-19(23)6-7-21(18)25)27-13-16-8-10-29(11-9-16)15-17-4-2-3-5-20(17)24/h2-7,12,16H,8-11,13-15H2,1H3,(H2,26,27,28). The van der Waals surface area contributed by atoms with E-state index in [0.717, 1.165) is 50.2 Å². The summed E-state index contributed by atoms with van der Waals surface area (Å²) in [5.74, 6) is -0.0236. The van der Waals surface area contributed by atoms with E-state index in [9.17, 15) is 13.2 Å². The predicted molar refractivity (Wildman–Crippen MR) is 109 cm³/mol. The third-order valence-electron chi connectivity index (χ3n) is 5.29. The quantitative estimate of drug-likeness (QED) is 0.570. The van der Waals surface area contributed by atoms with Crippen molar-refractivity contribution in [3.05, 3.63) is 71.0 Å². The number of rotatable bonds is 6. The maximum absolute atomic E-state index is 13.8. The second-order valence-electron chi connectivity index (χ2n) is 7.35. The van der Waals surface area contributed by atoms with Crippen LogP contribution >= 0.6 is 0 Å². The molecule has 0 saturated carbocycles. The van der Waals surface area contributed by atoms with E-state index in [1.807, 2.05) is 12.1 Å². The highest BCUT2D eigenvalue weighted by Crippen LogP contribution is 2.19. The lowest BCUT2D eigenvalue weighted by molar-refractivity contribution is 0.176. The van der Waals surface area contributed by atoms with Crippen molar-refractivity contribution in [2.75, 3.05) is 26.7 Å². The van der Waals surface area contributed by atoms with Crippen LogP contribution in [-0.2, 0) is 13.1 Å². The lowest BCUT2D eigenvalue weighted by atomic mass is 9.96. The fraction of sp³-hybridized carbons (Fsp3) is 0.409. The van der Waals surface area contributed by atoms with Crippen LogP contribution in [0.15, 0.2) is 47.5 Å². The molecule has 156 valence electrons. The smallest absolute Gasteiger partial charge is 0.191 e. The first kappa shape index (κ1) is 21.2. The molecule has 7 heteroatoms. The molecule has 0 radical (unpaired) electrons. The van der Waals surface area contributed by atoms with Gasteiger partial charge in [-0.05, 0) is 56.1 Å². The van der Waals surface area contributed by atoms with Crippen molar-refractivity contribution in [3.8, 4) is 0 Å². The molecule has 2 N–H and O–H groups in total. The molecule has 1 fully saturated rings. The molecule has 0 unspecified atom stereocenters. The summed E-state index contributed by atoms with van der Waals surface area (Å²) in [6.07, 6.45) is 2.02. The number of halogens is 3. The molecule has 0 spiro atoms. The van der Waals surface area contributed by atoms with Gasteiger partial charge in [0.25, 0.3) is 0 Å². The minimum Gasteiger partial charge on any atom is -0.356 e. The van der Waals surface area contributed by atoms with E-state index in [1.165, 1.54) is 12.1 Å². The Balaban J connectivity index is 1.41. The highest BCUT2D eigenvalue weighted by Gasteiger charge is 2.20. The molecule has 4 nitrogen and oxygen atoms in total. The van der Waals surface area contributed by atoms with Gasteiger partial charge in [0.15, 0.2) is 5.96 Å². The minimum absolute atomic E-state index is 0.152. The molecule has 0 bridgehead atoms. The Bertz CT molecular complexity index is 833. The van der Waals surface area contributed by atoms with Crippen molar-refractivity contribution < 1.29 is 13.2 Å². The van der Waals surface area contributed by atoms with Crippen molar-refractivity contribution in [1.29, 1.82) is 0 Å². The summed E-state index contributed by atoms with van der Waals surface area (Å²) in [5, 5.41) is 6.28. The van der Waals surface area contributed by atoms with Gasteiger partial charge in [-0.3, -0.25) is 9.89 Å². The third-order valence-corrected chi connectivity index (χ3v) is 5.29. The van der Waals surface area contributed by atoms with Gasteiger partial charge in [0.2, 0.25) is 0 Å². The molecule has 29 heavy (non-hydrogen) atoms. The summed E-state index contributed by atoms with van der Waals surface area (Å²) in [6.45, 7) is 3.38. The second-order valence-corrected chi connectivity index (χ2v) is 7.35. The van der Waals surface area contributed by atoms with Gasteiger partial charge >= 0.3 is 0 Å². The third kappa shape index (κ3) is 6.22. The van der Waals surface area contributed by atoms with Gasteiger partial charge in [0.1, 0.15) is 17.5 Å². The number of hydrogen-bond donors (Lipinski definition) is 2. The maximum Gasteiger partial charge on any atom is 0.191 e. The number of likely N-dealkylation sites (tertiary alicyclic amines) is 1. The summed E-state index contributed by atoms with van der Waals surface area (Å²) in [6, 6.07) is 10.3. The number of benzene rings is 2. The average Bonchev–Trinajstić information content (AvgIpc) is 2.73. The van der Waals surface area contributed by atoms with E-state index in [0.29, 0.717) is 18.4 Å². The topological polar surface area (TPSA) is 39.7 Å². The van der Waals surface area contributed by atoms with Gasteiger partial charge in [0.05, 0.1) is 0 Å². The SMILES string of the molecule is CN=C(NCc1cc(F)ccc1F)NCC1CCN(Cc2ccccc2F)CC1. The van der Waals surface area contributed by atoms with Crippen LogP contribution in [0.2, 0.25) is 0 Å². The Morgan fingerprint density at radius 1 is 1.00 bits per heavy atom. The van der Waals surface area contributed by atoms with Crippen LogP contribution in [0, 0.1) is 23.4 Å². The van der Waals surface area contributed by atoms with Crippen molar-refractivity contribution in [3.63, 3.8) is 0 Å². The largest absolute Gasteiger partial charge is 0.356 e. The lowest BCUT2D eigenvalue weighted by Crippen LogP contribution is -2.42. The molecule has 1 saturated heterocycles. The molecule has 2 aromatic carbocycles. The van der Waals surface area contributed by atoms with Crippen LogP contribution in [0.3, 0.4) is 0 Å². The average molecular weight is 404 g/mol. The monoisotopic (exact) mass is 404 g/mol. The number of hydrogen-bond acceptors (Lipinski definition) is 2. The Hall–Kier alpha value is -2.54. The first-order chi connectivity index (χ1) is 14.0. The zero-order valence-corrected chi connectivity index (χ0v) is 16.6. The van der Waals surface area contributed by atoms with Crippen LogP contribution in [0.1, 0.15) is 24.0 Å². The molecule has 1 aliphatic rings. The molecule has 0 aromatic heterocycles. The van der Waals surface area contributed by atoms with Crippen molar-refractivity contribution in [2.24, 2.45) is 10.9 Å². The van der Waals surface area contributed by atoms with Crippen LogP contribution in [0.4, 0.5) is 13.2 Å². The van der Waals surface area contributed by atoms with Gasteiger partial charge in [0, 0.05) is 37.8 Å².